The van der Waals surface area contributed by atoms with Gasteiger partial charge in [0.05, 0.1) is 16.7 Å². The zero-order valence-electron chi connectivity index (χ0n) is 10.7. The molecule has 0 aromatic carbocycles. The van der Waals surface area contributed by atoms with E-state index in [0.29, 0.717) is 4.91 Å². The Morgan fingerprint density at radius 1 is 1.32 bits per heavy atom. The lowest BCUT2D eigenvalue weighted by atomic mass is 10.0. The van der Waals surface area contributed by atoms with Crippen LogP contribution < -0.4 is 0 Å². The Balaban J connectivity index is 1.85. The van der Waals surface area contributed by atoms with Gasteiger partial charge in [-0.2, -0.15) is 0 Å². The van der Waals surface area contributed by atoms with Crippen molar-refractivity contribution < 1.29 is 18.8 Å². The first kappa shape index (κ1) is 14.0. The first-order chi connectivity index (χ1) is 9.24. The van der Waals surface area contributed by atoms with Gasteiger partial charge in [-0.25, -0.2) is 0 Å². The predicted molar refractivity (Wildman–Crippen MR) is 71.4 cm³/mol. The number of ketones is 2. The molecule has 0 saturated carbocycles. The molecule has 2 rings (SSSR count). The van der Waals surface area contributed by atoms with E-state index in [1.807, 2.05) is 0 Å². The van der Waals surface area contributed by atoms with Gasteiger partial charge in [0.15, 0.2) is 0 Å². The second kappa shape index (κ2) is 6.68. The Labute approximate surface area is 115 Å². The van der Waals surface area contributed by atoms with Gasteiger partial charge < -0.3 is 9.26 Å². The van der Waals surface area contributed by atoms with Gasteiger partial charge in [-0.05, 0) is 18.6 Å². The summed E-state index contributed by atoms with van der Waals surface area (Å²) in [5.74, 6) is 0.413. The summed E-state index contributed by atoms with van der Waals surface area (Å²) in [5.41, 5.74) is 0.273. The number of thioether (sulfide) groups is 1. The number of methoxy groups -OCH3 is 1. The highest BCUT2D eigenvalue weighted by Gasteiger charge is 2.29. The van der Waals surface area contributed by atoms with Crippen molar-refractivity contribution in [3.63, 3.8) is 0 Å². The van der Waals surface area contributed by atoms with Gasteiger partial charge in [0.2, 0.25) is 17.3 Å². The summed E-state index contributed by atoms with van der Waals surface area (Å²) >= 11 is 1.41. The van der Waals surface area contributed by atoms with Crippen molar-refractivity contribution >= 4 is 23.3 Å². The number of nitrogens with zero attached hydrogens (tertiary/aromatic N) is 1. The summed E-state index contributed by atoms with van der Waals surface area (Å²) < 4.78 is 9.73. The minimum Gasteiger partial charge on any atom is -0.385 e. The van der Waals surface area contributed by atoms with Crippen molar-refractivity contribution in [2.45, 2.75) is 19.3 Å². The van der Waals surface area contributed by atoms with Crippen LogP contribution in [-0.4, -0.2) is 36.2 Å². The number of rotatable bonds is 7. The van der Waals surface area contributed by atoms with E-state index in [1.165, 1.54) is 24.0 Å². The van der Waals surface area contributed by atoms with Crippen molar-refractivity contribution in [2.75, 3.05) is 19.5 Å². The number of fused-ring (bicyclic) bond motifs is 1. The normalized spacial score (nSPS) is 14.5. The van der Waals surface area contributed by atoms with E-state index in [9.17, 15) is 9.59 Å². The molecule has 0 unspecified atom stereocenters. The quantitative estimate of drug-likeness (QED) is 0.715. The van der Waals surface area contributed by atoms with E-state index < -0.39 is 0 Å². The van der Waals surface area contributed by atoms with E-state index in [0.717, 1.165) is 31.6 Å². The molecule has 1 aromatic heterocycles. The monoisotopic (exact) mass is 281 g/mol. The van der Waals surface area contributed by atoms with E-state index in [4.69, 9.17) is 9.26 Å². The Bertz CT molecular complexity index is 506. The molecule has 1 heterocycles. The van der Waals surface area contributed by atoms with Crippen LogP contribution in [0.4, 0.5) is 0 Å². The number of allylic oxidation sites excluding steroid dienone is 2. The molecule has 1 aliphatic carbocycles. The third-order valence-corrected chi connectivity index (χ3v) is 3.88. The number of ether oxygens (including phenoxy) is 1. The fraction of sp³-hybridized carbons (Fsp3) is 0.462. The van der Waals surface area contributed by atoms with Crippen LogP contribution in [0.3, 0.4) is 0 Å². The molecule has 6 heteroatoms. The van der Waals surface area contributed by atoms with Crippen LogP contribution in [0.5, 0.6) is 0 Å². The van der Waals surface area contributed by atoms with E-state index in [-0.39, 0.29) is 22.9 Å². The van der Waals surface area contributed by atoms with Crippen LogP contribution in [0, 0.1) is 0 Å². The highest BCUT2D eigenvalue weighted by Crippen LogP contribution is 2.28. The Morgan fingerprint density at radius 2 is 2.16 bits per heavy atom. The smallest absolute Gasteiger partial charge is 0.225 e. The minimum atomic E-state index is -0.283. The summed E-state index contributed by atoms with van der Waals surface area (Å²) in [4.78, 5) is 24.2. The summed E-state index contributed by atoms with van der Waals surface area (Å²) in [6, 6.07) is 0. The standard InChI is InChI=1S/C13H15NO4S/c1-17-5-3-2-4-6-19-11-7-10(15)13-9(12(11)16)8-14-18-13/h7-8H,2-6H2,1H3. The molecule has 1 aliphatic rings. The van der Waals surface area contributed by atoms with E-state index in [1.54, 1.807) is 7.11 Å². The first-order valence-electron chi connectivity index (χ1n) is 6.11. The lowest BCUT2D eigenvalue weighted by Gasteiger charge is -2.09. The average molecular weight is 281 g/mol. The second-order valence-corrected chi connectivity index (χ2v) is 5.31. The number of hydrogen-bond acceptors (Lipinski definition) is 6. The molecule has 5 nitrogen and oxygen atoms in total. The molecule has 19 heavy (non-hydrogen) atoms. The summed E-state index contributed by atoms with van der Waals surface area (Å²) in [6.45, 7) is 0.759. The molecule has 0 saturated heterocycles. The third-order valence-electron chi connectivity index (χ3n) is 2.78. The number of Topliss-reactive ketones (excluding diaryl/α,β-unsaturated/α-hetero) is 1. The zero-order valence-corrected chi connectivity index (χ0v) is 11.5. The average Bonchev–Trinajstić information content (AvgIpc) is 2.89. The van der Waals surface area contributed by atoms with E-state index >= 15 is 0 Å². The molecular weight excluding hydrogens is 266 g/mol. The van der Waals surface area contributed by atoms with Gasteiger partial charge in [-0.1, -0.05) is 11.6 Å². The molecule has 0 radical (unpaired) electrons. The van der Waals surface area contributed by atoms with Crippen LogP contribution in [0.15, 0.2) is 21.7 Å². The highest BCUT2D eigenvalue weighted by atomic mass is 32.2. The Morgan fingerprint density at radius 3 is 2.95 bits per heavy atom. The number of hydrogen-bond donors (Lipinski definition) is 0. The van der Waals surface area contributed by atoms with Crippen molar-refractivity contribution in [2.24, 2.45) is 0 Å². The van der Waals surface area contributed by atoms with Crippen LogP contribution in [0.1, 0.15) is 40.2 Å². The molecule has 0 bridgehead atoms. The zero-order chi connectivity index (χ0) is 13.7. The molecule has 1 aromatic rings. The van der Waals surface area contributed by atoms with Crippen LogP contribution in [0.2, 0.25) is 0 Å². The molecule has 0 N–H and O–H groups in total. The predicted octanol–water partition coefficient (Wildman–Crippen LogP) is 2.49. The maximum absolute atomic E-state index is 12.0. The van der Waals surface area contributed by atoms with Crippen LogP contribution in [0.25, 0.3) is 0 Å². The molecule has 0 spiro atoms. The van der Waals surface area contributed by atoms with Crippen LogP contribution >= 0.6 is 11.8 Å². The van der Waals surface area contributed by atoms with Crippen LogP contribution in [-0.2, 0) is 4.74 Å². The second-order valence-electron chi connectivity index (χ2n) is 4.17. The third kappa shape index (κ3) is 3.33. The van der Waals surface area contributed by atoms with Gasteiger partial charge in [-0.3, -0.25) is 9.59 Å². The molecule has 0 amide bonds. The Kier molecular flexibility index (Phi) is 4.93. The first-order valence-corrected chi connectivity index (χ1v) is 7.09. The maximum Gasteiger partial charge on any atom is 0.225 e. The fourth-order valence-electron chi connectivity index (χ4n) is 1.78. The molecule has 0 atom stereocenters. The van der Waals surface area contributed by atoms with Crippen molar-refractivity contribution in [1.82, 2.24) is 5.16 Å². The minimum absolute atomic E-state index is 0.0504. The fourth-order valence-corrected chi connectivity index (χ4v) is 2.78. The molecule has 0 aliphatic heterocycles. The largest absolute Gasteiger partial charge is 0.385 e. The van der Waals surface area contributed by atoms with E-state index in [2.05, 4.69) is 5.16 Å². The van der Waals surface area contributed by atoms with Gasteiger partial charge >= 0.3 is 0 Å². The van der Waals surface area contributed by atoms with Gasteiger partial charge in [0.25, 0.3) is 0 Å². The lowest BCUT2D eigenvalue weighted by molar-refractivity contribution is 0.0967. The number of carbonyl (C=O) groups excluding carboxylic acids is 2. The maximum atomic E-state index is 12.0. The molecule has 102 valence electrons. The lowest BCUT2D eigenvalue weighted by Crippen LogP contribution is -2.13. The van der Waals surface area contributed by atoms with Gasteiger partial charge in [-0.15, -0.1) is 11.8 Å². The number of unbranched alkanes of at least 4 members (excludes halogenated alkanes) is 2. The summed E-state index contributed by atoms with van der Waals surface area (Å²) in [7, 11) is 1.68. The number of carbonyl (C=O) groups is 2. The topological polar surface area (TPSA) is 69.4 Å². The van der Waals surface area contributed by atoms with Crippen molar-refractivity contribution in [1.29, 1.82) is 0 Å². The highest BCUT2D eigenvalue weighted by molar-refractivity contribution is 8.04. The summed E-state index contributed by atoms with van der Waals surface area (Å²) in [6.07, 6.45) is 5.70. The Hall–Kier alpha value is -1.40. The molecule has 0 fully saturated rings. The van der Waals surface area contributed by atoms with Gasteiger partial charge in [0.1, 0.15) is 0 Å². The van der Waals surface area contributed by atoms with Crippen molar-refractivity contribution in [3.8, 4) is 0 Å². The molecular formula is C13H15NO4S. The SMILES string of the molecule is COCCCCCSC1=CC(=O)c2oncc2C1=O. The van der Waals surface area contributed by atoms with Crippen molar-refractivity contribution in [3.05, 3.63) is 28.5 Å². The summed E-state index contributed by atoms with van der Waals surface area (Å²) in [5, 5.41) is 3.50. The van der Waals surface area contributed by atoms with Gasteiger partial charge in [0, 0.05) is 19.8 Å². The number of aromatic nitrogens is 1.